The number of amides is 1. The minimum Gasteiger partial charge on any atom is -0.481 e. The molecule has 0 saturated carbocycles. The summed E-state index contributed by atoms with van der Waals surface area (Å²) in [5, 5.41) is 2.82. The van der Waals surface area contributed by atoms with E-state index < -0.39 is 5.69 Å². The maximum Gasteiger partial charge on any atom is 0.336 e. The van der Waals surface area contributed by atoms with Gasteiger partial charge in [-0.05, 0) is 36.2 Å². The monoisotopic (exact) mass is 514 g/mol. The molecule has 0 unspecified atom stereocenters. The van der Waals surface area contributed by atoms with E-state index in [0.29, 0.717) is 21.2 Å². The highest BCUT2D eigenvalue weighted by atomic mass is 79.9. The number of hydrogen-bond donors (Lipinski definition) is 1. The summed E-state index contributed by atoms with van der Waals surface area (Å²) in [6.07, 6.45) is 3.08. The van der Waals surface area contributed by atoms with Gasteiger partial charge in [-0.2, -0.15) is 0 Å². The summed E-state index contributed by atoms with van der Waals surface area (Å²) in [5.41, 5.74) is 1.21. The predicted octanol–water partition coefficient (Wildman–Crippen LogP) is 2.98. The van der Waals surface area contributed by atoms with Crippen LogP contribution in [0.25, 0.3) is 4.83 Å². The van der Waals surface area contributed by atoms with Crippen LogP contribution in [0.3, 0.4) is 0 Å². The molecule has 3 aromatic heterocycles. The normalized spacial score (nSPS) is 11.0. The minimum absolute atomic E-state index is 0.141. The summed E-state index contributed by atoms with van der Waals surface area (Å²) in [4.78, 5) is 43.5. The van der Waals surface area contributed by atoms with E-state index in [9.17, 15) is 14.4 Å². The molecular weight excluding hydrogens is 496 g/mol. The Morgan fingerprint density at radius 1 is 1.22 bits per heavy atom. The third-order valence-electron chi connectivity index (χ3n) is 4.91. The van der Waals surface area contributed by atoms with E-state index in [4.69, 9.17) is 4.74 Å². The Labute approximate surface area is 195 Å². The fraction of sp³-hybridized carbons (Fsp3) is 0.182. The second-order valence-electron chi connectivity index (χ2n) is 7.09. The molecule has 10 heteroatoms. The molecule has 3 heterocycles. The Balaban J connectivity index is 1.64. The van der Waals surface area contributed by atoms with Crippen molar-refractivity contribution in [3.8, 4) is 5.88 Å². The second kappa shape index (κ2) is 9.09. The molecule has 0 bridgehead atoms. The van der Waals surface area contributed by atoms with Gasteiger partial charge in [0.2, 0.25) is 5.88 Å². The molecule has 1 N–H and O–H groups in total. The van der Waals surface area contributed by atoms with Crippen molar-refractivity contribution >= 4 is 38.0 Å². The molecule has 164 valence electrons. The Morgan fingerprint density at radius 3 is 2.78 bits per heavy atom. The van der Waals surface area contributed by atoms with E-state index in [-0.39, 0.29) is 24.6 Å². The molecule has 1 aromatic carbocycles. The summed E-state index contributed by atoms with van der Waals surface area (Å²) in [7, 11) is 1.52. The first kappa shape index (κ1) is 22.0. The van der Waals surface area contributed by atoms with Crippen LogP contribution in [0, 0.1) is 6.92 Å². The van der Waals surface area contributed by atoms with Crippen molar-refractivity contribution in [1.29, 1.82) is 0 Å². The van der Waals surface area contributed by atoms with Gasteiger partial charge in [0.1, 0.15) is 9.71 Å². The van der Waals surface area contributed by atoms with Crippen molar-refractivity contribution in [3.63, 3.8) is 0 Å². The molecule has 1 amide bonds. The lowest BCUT2D eigenvalue weighted by Gasteiger charge is -2.08. The molecule has 0 spiro atoms. The van der Waals surface area contributed by atoms with Crippen LogP contribution in [0.2, 0.25) is 0 Å². The third-order valence-corrected chi connectivity index (χ3v) is 6.61. The quantitative estimate of drug-likeness (QED) is 0.426. The van der Waals surface area contributed by atoms with Crippen LogP contribution in [0.1, 0.15) is 26.4 Å². The number of nitrogens with one attached hydrogen (secondary N) is 1. The number of pyridine rings is 1. The second-order valence-corrected chi connectivity index (χ2v) is 9.03. The minimum atomic E-state index is -0.482. The van der Waals surface area contributed by atoms with Crippen LogP contribution < -0.4 is 21.3 Å². The number of nitrogens with zero attached hydrogens (tertiary/aromatic N) is 3. The van der Waals surface area contributed by atoms with E-state index in [1.807, 2.05) is 24.3 Å². The van der Waals surface area contributed by atoms with Gasteiger partial charge in [-0.25, -0.2) is 9.78 Å². The zero-order chi connectivity index (χ0) is 22.8. The van der Waals surface area contributed by atoms with Gasteiger partial charge in [0, 0.05) is 35.0 Å². The number of thiazole rings is 1. The van der Waals surface area contributed by atoms with Gasteiger partial charge in [-0.3, -0.25) is 18.6 Å². The Kier molecular flexibility index (Phi) is 6.24. The van der Waals surface area contributed by atoms with Gasteiger partial charge in [-0.15, -0.1) is 11.3 Å². The maximum atomic E-state index is 13.0. The Bertz CT molecular complexity index is 1440. The summed E-state index contributed by atoms with van der Waals surface area (Å²) >= 11 is 4.52. The van der Waals surface area contributed by atoms with Gasteiger partial charge in [0.25, 0.3) is 11.5 Å². The molecule has 0 aliphatic rings. The van der Waals surface area contributed by atoms with Crippen molar-refractivity contribution in [2.45, 2.75) is 20.0 Å². The van der Waals surface area contributed by atoms with Gasteiger partial charge < -0.3 is 10.1 Å². The van der Waals surface area contributed by atoms with Gasteiger partial charge in [0.05, 0.1) is 13.7 Å². The lowest BCUT2D eigenvalue weighted by Crippen LogP contribution is -2.38. The van der Waals surface area contributed by atoms with Crippen LogP contribution in [-0.4, -0.2) is 27.0 Å². The van der Waals surface area contributed by atoms with Crippen molar-refractivity contribution in [1.82, 2.24) is 19.3 Å². The molecule has 0 aliphatic carbocycles. The van der Waals surface area contributed by atoms with E-state index in [1.54, 1.807) is 25.3 Å². The maximum absolute atomic E-state index is 13.0. The molecule has 0 aliphatic heterocycles. The molecule has 8 nitrogen and oxygen atoms in total. The molecule has 4 rings (SSSR count). The average molecular weight is 515 g/mol. The summed E-state index contributed by atoms with van der Waals surface area (Å²) in [5.74, 6) is 0.123. The number of aromatic nitrogens is 3. The fourth-order valence-corrected chi connectivity index (χ4v) is 4.72. The highest BCUT2D eigenvalue weighted by Crippen LogP contribution is 2.19. The van der Waals surface area contributed by atoms with Gasteiger partial charge >= 0.3 is 5.69 Å². The number of carbonyl (C=O) groups is 1. The Hall–Kier alpha value is -3.24. The Morgan fingerprint density at radius 2 is 2.03 bits per heavy atom. The molecule has 0 atom stereocenters. The molecular formula is C22H19BrN4O4S. The van der Waals surface area contributed by atoms with E-state index in [1.165, 1.54) is 22.3 Å². The molecule has 0 radical (unpaired) electrons. The van der Waals surface area contributed by atoms with E-state index >= 15 is 0 Å². The highest BCUT2D eigenvalue weighted by Gasteiger charge is 2.18. The number of methoxy groups -OCH3 is 1. The summed E-state index contributed by atoms with van der Waals surface area (Å²) in [6.45, 7) is 2.08. The van der Waals surface area contributed by atoms with Crippen LogP contribution in [-0.2, 0) is 13.1 Å². The lowest BCUT2D eigenvalue weighted by molar-refractivity contribution is 0.0954. The fourth-order valence-electron chi connectivity index (χ4n) is 3.27. The first-order chi connectivity index (χ1) is 15.4. The predicted molar refractivity (Wildman–Crippen MR) is 126 cm³/mol. The average Bonchev–Trinajstić information content (AvgIpc) is 3.25. The first-order valence-corrected chi connectivity index (χ1v) is 11.3. The van der Waals surface area contributed by atoms with Crippen molar-refractivity contribution in [2.75, 3.05) is 7.11 Å². The van der Waals surface area contributed by atoms with E-state index in [0.717, 1.165) is 26.9 Å². The number of fused-ring (bicyclic) bond motifs is 1. The number of halogens is 1. The topological polar surface area (TPSA) is 94.7 Å². The summed E-state index contributed by atoms with van der Waals surface area (Å²) in [6, 6.07) is 10.9. The number of rotatable bonds is 6. The SMILES string of the molecule is COc1cc(CNC(=O)c2cn3c(=O)n(Cc4cccc(Br)c4)c(=O)c(C)c3s2)ccn1. The van der Waals surface area contributed by atoms with E-state index in [2.05, 4.69) is 26.2 Å². The molecule has 32 heavy (non-hydrogen) atoms. The molecule has 0 fully saturated rings. The standard InChI is InChI=1S/C22H19BrN4O4S/c1-13-20(29)26(11-15-4-3-5-16(23)8-15)22(30)27-12-17(32-21(13)27)19(28)25-10-14-6-7-24-18(9-14)31-2/h3-9,12H,10-11H2,1-2H3,(H,25,28). The van der Waals surface area contributed by atoms with Crippen LogP contribution in [0.15, 0.2) is 62.9 Å². The number of aryl methyl sites for hydroxylation is 1. The lowest BCUT2D eigenvalue weighted by atomic mass is 10.2. The van der Waals surface area contributed by atoms with Crippen LogP contribution in [0.5, 0.6) is 5.88 Å². The van der Waals surface area contributed by atoms with Crippen LogP contribution >= 0.6 is 27.3 Å². The number of benzene rings is 1. The number of hydrogen-bond acceptors (Lipinski definition) is 6. The largest absolute Gasteiger partial charge is 0.481 e. The zero-order valence-electron chi connectivity index (χ0n) is 17.3. The smallest absolute Gasteiger partial charge is 0.336 e. The van der Waals surface area contributed by atoms with Crippen molar-refractivity contribution in [3.05, 3.63) is 95.7 Å². The summed E-state index contributed by atoms with van der Waals surface area (Å²) < 4.78 is 8.50. The van der Waals surface area contributed by atoms with Crippen LogP contribution in [0.4, 0.5) is 0 Å². The highest BCUT2D eigenvalue weighted by molar-refractivity contribution is 9.10. The third kappa shape index (κ3) is 4.37. The zero-order valence-corrected chi connectivity index (χ0v) is 19.7. The number of ether oxygens (including phenoxy) is 1. The molecule has 4 aromatic rings. The first-order valence-electron chi connectivity index (χ1n) is 9.64. The van der Waals surface area contributed by atoms with Crippen molar-refractivity contribution < 1.29 is 9.53 Å². The van der Waals surface area contributed by atoms with Gasteiger partial charge in [-0.1, -0.05) is 28.1 Å². The van der Waals surface area contributed by atoms with Crippen molar-refractivity contribution in [2.24, 2.45) is 0 Å². The number of carbonyl (C=O) groups excluding carboxylic acids is 1. The molecule has 0 saturated heterocycles. The van der Waals surface area contributed by atoms with Gasteiger partial charge in [0.15, 0.2) is 0 Å².